The summed E-state index contributed by atoms with van der Waals surface area (Å²) in [5.74, 6) is -0.373. The Labute approximate surface area is 267 Å². The number of allylic oxidation sites excluding steroid dienone is 2. The molecule has 2 aliphatic heterocycles. The number of aryl methyl sites for hydroxylation is 2. The molecule has 0 aromatic carbocycles. The van der Waals surface area contributed by atoms with Crippen molar-refractivity contribution in [1.82, 2.24) is 15.1 Å². The van der Waals surface area contributed by atoms with Crippen molar-refractivity contribution < 1.29 is 46.4 Å². The van der Waals surface area contributed by atoms with Gasteiger partial charge >= 0.3 is 6.97 Å². The summed E-state index contributed by atoms with van der Waals surface area (Å²) in [6.45, 7) is 3.94. The first-order valence-corrected chi connectivity index (χ1v) is 15.4. The smallest absolute Gasteiger partial charge is 0.394 e. The number of amides is 2. The number of rotatable bonds is 24. The van der Waals surface area contributed by atoms with Crippen LogP contribution < -0.4 is 10.6 Å². The van der Waals surface area contributed by atoms with Crippen molar-refractivity contribution in [1.29, 1.82) is 0 Å². The van der Waals surface area contributed by atoms with Gasteiger partial charge in [-0.05, 0) is 36.7 Å². The lowest BCUT2D eigenvalue weighted by atomic mass is 9.90. The standard InChI is InChI=1S/C29H44BF2N7O7/c1-23-21-24(2)38-27(23)22-26-4-3-25(39(26)30(38,31)32)5-6-28(40)34-8-12-43-15-17-45-19-20-46-18-16-44-13-9-35-29(41)7-11-42-14-10-36-37-33/h3-4,21-22H,5-20H2,1-2H3,(H,34,40)(H,35,41). The normalized spacial score (nSPS) is 14.5. The second kappa shape index (κ2) is 19.8. The Kier molecular flexibility index (Phi) is 15.9. The van der Waals surface area contributed by atoms with Crippen LogP contribution in [0, 0.1) is 13.8 Å². The first-order chi connectivity index (χ1) is 22.3. The molecular formula is C29H44BF2N7O7. The van der Waals surface area contributed by atoms with Gasteiger partial charge in [-0.3, -0.25) is 9.59 Å². The second-order valence-electron chi connectivity index (χ2n) is 10.5. The minimum Gasteiger partial charge on any atom is -0.394 e. The molecular weight excluding hydrogens is 607 g/mol. The Hall–Kier alpha value is -3.60. The van der Waals surface area contributed by atoms with Crippen molar-refractivity contribution in [2.45, 2.75) is 33.1 Å². The summed E-state index contributed by atoms with van der Waals surface area (Å²) in [5, 5.41) is 8.81. The lowest BCUT2D eigenvalue weighted by Crippen LogP contribution is -2.50. The van der Waals surface area contributed by atoms with Gasteiger partial charge in [0.2, 0.25) is 11.8 Å². The van der Waals surface area contributed by atoms with E-state index in [0.29, 0.717) is 88.7 Å². The fourth-order valence-corrected chi connectivity index (χ4v) is 5.02. The molecule has 0 saturated heterocycles. The van der Waals surface area contributed by atoms with Gasteiger partial charge in [0.05, 0.1) is 66.1 Å². The van der Waals surface area contributed by atoms with Crippen molar-refractivity contribution in [2.24, 2.45) is 5.11 Å². The van der Waals surface area contributed by atoms with Crippen LogP contribution in [-0.2, 0) is 33.3 Å². The summed E-state index contributed by atoms with van der Waals surface area (Å²) in [7, 11) is 0. The summed E-state index contributed by atoms with van der Waals surface area (Å²) in [6, 6.07) is 1.76. The monoisotopic (exact) mass is 651 g/mol. The molecule has 1 aromatic rings. The lowest BCUT2D eigenvalue weighted by Gasteiger charge is -2.30. The van der Waals surface area contributed by atoms with Gasteiger partial charge in [-0.2, -0.15) is 0 Å². The topological polar surface area (TPSA) is 161 Å². The zero-order valence-corrected chi connectivity index (χ0v) is 26.6. The number of carbonyl (C=O) groups is 2. The fourth-order valence-electron chi connectivity index (χ4n) is 5.02. The van der Waals surface area contributed by atoms with E-state index in [-0.39, 0.29) is 50.8 Å². The zero-order chi connectivity index (χ0) is 33.2. The Bertz CT molecular complexity index is 1310. The maximum atomic E-state index is 15.5. The van der Waals surface area contributed by atoms with Crippen molar-refractivity contribution >= 4 is 30.6 Å². The average Bonchev–Trinajstić information content (AvgIpc) is 3.58. The number of nitrogens with one attached hydrogen (secondary N) is 2. The molecule has 0 aliphatic carbocycles. The first kappa shape index (κ1) is 36.9. The molecule has 0 fully saturated rings. The molecule has 2 amide bonds. The van der Waals surface area contributed by atoms with Gasteiger partial charge in [0, 0.05) is 67.7 Å². The van der Waals surface area contributed by atoms with Gasteiger partial charge in [0.15, 0.2) is 5.70 Å². The Morgan fingerprint density at radius 1 is 0.870 bits per heavy atom. The molecule has 3 heterocycles. The molecule has 1 aromatic heterocycles. The van der Waals surface area contributed by atoms with Crippen LogP contribution in [0.4, 0.5) is 8.63 Å². The number of halogens is 2. The Balaban J connectivity index is 1.11. The summed E-state index contributed by atoms with van der Waals surface area (Å²) in [4.78, 5) is 26.5. The minimum absolute atomic E-state index is 0.0931. The molecule has 0 radical (unpaired) electrons. The first-order valence-electron chi connectivity index (χ1n) is 15.4. The maximum absolute atomic E-state index is 15.5. The van der Waals surface area contributed by atoms with E-state index < -0.39 is 6.97 Å². The van der Waals surface area contributed by atoms with Gasteiger partial charge in [0.1, 0.15) is 5.71 Å². The molecule has 0 spiro atoms. The van der Waals surface area contributed by atoms with Gasteiger partial charge < -0.3 is 51.9 Å². The van der Waals surface area contributed by atoms with E-state index in [2.05, 4.69) is 20.7 Å². The fraction of sp³-hybridized carbons (Fsp3) is 0.621. The van der Waals surface area contributed by atoms with Crippen LogP contribution in [0.3, 0.4) is 0 Å². The molecule has 14 nitrogen and oxygen atoms in total. The van der Waals surface area contributed by atoms with Crippen LogP contribution in [0.5, 0.6) is 0 Å². The molecule has 0 atom stereocenters. The predicted molar refractivity (Wildman–Crippen MR) is 168 cm³/mol. The van der Waals surface area contributed by atoms with Crippen LogP contribution >= 0.6 is 0 Å². The molecule has 254 valence electrons. The van der Waals surface area contributed by atoms with Crippen LogP contribution in [0.15, 0.2) is 29.0 Å². The molecule has 2 N–H and O–H groups in total. The number of aromatic nitrogens is 1. The largest absolute Gasteiger partial charge is 0.737 e. The summed E-state index contributed by atoms with van der Waals surface area (Å²) in [5.41, 5.74) is 10.9. The number of hydrogen-bond donors (Lipinski definition) is 2. The lowest BCUT2D eigenvalue weighted by molar-refractivity contribution is -0.362. The van der Waals surface area contributed by atoms with Gasteiger partial charge in [-0.1, -0.05) is 5.11 Å². The van der Waals surface area contributed by atoms with E-state index in [0.717, 1.165) is 14.5 Å². The highest BCUT2D eigenvalue weighted by Gasteiger charge is 2.52. The maximum Gasteiger partial charge on any atom is 0.737 e. The summed E-state index contributed by atoms with van der Waals surface area (Å²) in [6.07, 6.45) is 5.63. The van der Waals surface area contributed by atoms with E-state index in [9.17, 15) is 9.59 Å². The van der Waals surface area contributed by atoms with E-state index in [1.54, 1.807) is 31.2 Å². The number of hydrogen-bond acceptors (Lipinski definition) is 8. The van der Waals surface area contributed by atoms with Crippen molar-refractivity contribution in [2.75, 3.05) is 85.7 Å². The van der Waals surface area contributed by atoms with E-state index in [1.165, 1.54) is 0 Å². The minimum atomic E-state index is -4.03. The van der Waals surface area contributed by atoms with E-state index in [1.807, 2.05) is 6.92 Å². The third-order valence-corrected chi connectivity index (χ3v) is 7.14. The van der Waals surface area contributed by atoms with E-state index in [4.69, 9.17) is 29.2 Å². The van der Waals surface area contributed by atoms with Gasteiger partial charge in [-0.25, -0.2) is 0 Å². The van der Waals surface area contributed by atoms with Gasteiger partial charge in [0.25, 0.3) is 0 Å². The van der Waals surface area contributed by atoms with Crippen LogP contribution in [0.2, 0.25) is 0 Å². The number of carbonyl (C=O) groups excluding carboxylic acids is 2. The van der Waals surface area contributed by atoms with Crippen molar-refractivity contribution in [3.05, 3.63) is 51.3 Å². The molecule has 0 unspecified atom stereocenters. The van der Waals surface area contributed by atoms with Crippen molar-refractivity contribution in [3.63, 3.8) is 0 Å². The number of nitrogens with zero attached hydrogens (tertiary/aromatic N) is 5. The highest BCUT2D eigenvalue weighted by molar-refractivity contribution is 6.58. The number of fused-ring (bicyclic) bond motifs is 2. The second-order valence-corrected chi connectivity index (χ2v) is 10.5. The average molecular weight is 652 g/mol. The summed E-state index contributed by atoms with van der Waals surface area (Å²) < 4.78 is 60.0. The van der Waals surface area contributed by atoms with Crippen LogP contribution in [0.1, 0.15) is 36.2 Å². The van der Waals surface area contributed by atoms with Gasteiger partial charge in [-0.15, -0.1) is 0 Å². The molecule has 0 saturated carbocycles. The van der Waals surface area contributed by atoms with Crippen molar-refractivity contribution in [3.8, 4) is 0 Å². The zero-order valence-electron chi connectivity index (χ0n) is 26.6. The molecule has 0 bridgehead atoms. The quantitative estimate of drug-likeness (QED) is 0.0571. The highest BCUT2D eigenvalue weighted by Crippen LogP contribution is 2.34. The highest BCUT2D eigenvalue weighted by atomic mass is 19.2. The number of azide groups is 1. The molecule has 17 heteroatoms. The summed E-state index contributed by atoms with van der Waals surface area (Å²) >= 11 is 0. The SMILES string of the molecule is Cc1cc(C)n2c1C=C1C=CC(CCC(=O)NCCOCCOCCOCCOCCNC(=O)CCOCCN=[N+]=[N-])=[N+]1[B-]2(F)F. The van der Waals surface area contributed by atoms with Crippen LogP contribution in [0.25, 0.3) is 16.5 Å². The van der Waals surface area contributed by atoms with E-state index >= 15 is 8.63 Å². The number of ether oxygens (including phenoxy) is 5. The third kappa shape index (κ3) is 11.6. The Morgan fingerprint density at radius 3 is 2.04 bits per heavy atom. The van der Waals surface area contributed by atoms with Crippen LogP contribution in [-0.4, -0.2) is 119 Å². The molecule has 3 rings (SSSR count). The predicted octanol–water partition coefficient (Wildman–Crippen LogP) is 2.50. The Morgan fingerprint density at radius 2 is 1.43 bits per heavy atom. The molecule has 46 heavy (non-hydrogen) atoms. The molecule has 2 aliphatic rings. The third-order valence-electron chi connectivity index (χ3n) is 7.14.